The number of hydrogen-bond donors (Lipinski definition) is 2. The van der Waals surface area contributed by atoms with E-state index in [1.807, 2.05) is 24.3 Å². The van der Waals surface area contributed by atoms with Crippen LogP contribution in [0, 0.1) is 17.0 Å². The molecule has 2 aromatic carbocycles. The van der Waals surface area contributed by atoms with Gasteiger partial charge in [0.2, 0.25) is 0 Å². The molecular weight excluding hydrogens is 352 g/mol. The third kappa shape index (κ3) is 3.65. The summed E-state index contributed by atoms with van der Waals surface area (Å²) in [6.07, 6.45) is 1.69. The Labute approximate surface area is 154 Å². The van der Waals surface area contributed by atoms with Crippen LogP contribution >= 0.6 is 12.2 Å². The molecule has 0 atom stereocenters. The first-order valence-electron chi connectivity index (χ1n) is 7.67. The molecule has 0 saturated carbocycles. The number of amides is 1. The number of carbonyl (C=O) groups is 1. The zero-order valence-corrected chi connectivity index (χ0v) is 14.5. The number of thiocarbonyl (C=S) groups is 1. The standard InChI is InChI=1S/C18H14N4O3S/c1-11-7-8-12(10-16(11)22(24)25)17(23)21-18(26)20-15-6-2-5-14-13(15)4-3-9-19-14/h2-10H,1H3,(H2,20,21,23,26). The van der Waals surface area contributed by atoms with Gasteiger partial charge in [0.25, 0.3) is 11.6 Å². The summed E-state index contributed by atoms with van der Waals surface area (Å²) in [6, 6.07) is 13.5. The van der Waals surface area contributed by atoms with Gasteiger partial charge in [0.1, 0.15) is 0 Å². The number of rotatable bonds is 3. The summed E-state index contributed by atoms with van der Waals surface area (Å²) in [4.78, 5) is 27.1. The molecular formula is C18H14N4O3S. The predicted octanol–water partition coefficient (Wildman–Crippen LogP) is 3.58. The highest BCUT2D eigenvalue weighted by Gasteiger charge is 2.16. The first kappa shape index (κ1) is 17.4. The molecule has 1 aromatic heterocycles. The van der Waals surface area contributed by atoms with Crippen molar-refractivity contribution in [2.45, 2.75) is 6.92 Å². The molecule has 2 N–H and O–H groups in total. The van der Waals surface area contributed by atoms with E-state index in [9.17, 15) is 14.9 Å². The number of pyridine rings is 1. The molecule has 0 saturated heterocycles. The summed E-state index contributed by atoms with van der Waals surface area (Å²) in [5.41, 5.74) is 2.02. The van der Waals surface area contributed by atoms with Gasteiger partial charge in [-0.1, -0.05) is 12.1 Å². The molecule has 0 spiro atoms. The maximum atomic E-state index is 12.3. The highest BCUT2D eigenvalue weighted by atomic mass is 32.1. The number of carbonyl (C=O) groups excluding carboxylic acids is 1. The minimum atomic E-state index is -0.524. The third-order valence-electron chi connectivity index (χ3n) is 3.79. The lowest BCUT2D eigenvalue weighted by Crippen LogP contribution is -2.34. The van der Waals surface area contributed by atoms with Gasteiger partial charge in [-0.2, -0.15) is 0 Å². The summed E-state index contributed by atoms with van der Waals surface area (Å²) >= 11 is 5.19. The SMILES string of the molecule is Cc1ccc(C(=O)NC(=S)Nc2cccc3ncccc23)cc1[N+](=O)[O-]. The lowest BCUT2D eigenvalue weighted by atomic mass is 10.1. The highest BCUT2D eigenvalue weighted by molar-refractivity contribution is 7.80. The number of fused-ring (bicyclic) bond motifs is 1. The van der Waals surface area contributed by atoms with Gasteiger partial charge in [-0.15, -0.1) is 0 Å². The number of aromatic nitrogens is 1. The Bertz CT molecular complexity index is 1030. The quantitative estimate of drug-likeness (QED) is 0.418. The van der Waals surface area contributed by atoms with Crippen LogP contribution in [0.1, 0.15) is 15.9 Å². The molecule has 0 aliphatic heterocycles. The second kappa shape index (κ2) is 7.24. The number of nitro benzene ring substituents is 1. The van der Waals surface area contributed by atoms with Crippen molar-refractivity contribution in [2.24, 2.45) is 0 Å². The molecule has 8 heteroatoms. The molecule has 7 nitrogen and oxygen atoms in total. The summed E-state index contributed by atoms with van der Waals surface area (Å²) in [6.45, 7) is 1.61. The van der Waals surface area contributed by atoms with Gasteiger partial charge in [-0.3, -0.25) is 25.2 Å². The minimum Gasteiger partial charge on any atom is -0.332 e. The number of nitrogens with zero attached hydrogens (tertiary/aromatic N) is 2. The van der Waals surface area contributed by atoms with Crippen molar-refractivity contribution in [1.82, 2.24) is 10.3 Å². The Kier molecular flexibility index (Phi) is 4.85. The molecule has 26 heavy (non-hydrogen) atoms. The van der Waals surface area contributed by atoms with Crippen molar-refractivity contribution >= 4 is 45.5 Å². The number of aryl methyl sites for hydroxylation is 1. The van der Waals surface area contributed by atoms with Crippen molar-refractivity contribution in [1.29, 1.82) is 0 Å². The second-order valence-corrected chi connectivity index (χ2v) is 5.95. The first-order chi connectivity index (χ1) is 12.5. The predicted molar refractivity (Wildman–Crippen MR) is 103 cm³/mol. The molecule has 0 unspecified atom stereocenters. The van der Waals surface area contributed by atoms with Crippen LogP contribution in [0.5, 0.6) is 0 Å². The zero-order chi connectivity index (χ0) is 18.7. The van der Waals surface area contributed by atoms with Crippen LogP contribution < -0.4 is 10.6 Å². The number of nitrogens with one attached hydrogen (secondary N) is 2. The maximum Gasteiger partial charge on any atom is 0.273 e. The van der Waals surface area contributed by atoms with Crippen LogP contribution in [0.25, 0.3) is 10.9 Å². The number of anilines is 1. The molecule has 130 valence electrons. The Hall–Kier alpha value is -3.39. The van der Waals surface area contributed by atoms with Gasteiger partial charge in [0, 0.05) is 34.5 Å². The average Bonchev–Trinajstić information content (AvgIpc) is 2.62. The molecule has 0 fully saturated rings. The highest BCUT2D eigenvalue weighted by Crippen LogP contribution is 2.21. The summed E-state index contributed by atoms with van der Waals surface area (Å²) in [5.74, 6) is -0.524. The molecule has 0 bridgehead atoms. The smallest absolute Gasteiger partial charge is 0.273 e. The number of benzene rings is 2. The average molecular weight is 366 g/mol. The Balaban J connectivity index is 1.77. The van der Waals surface area contributed by atoms with Crippen LogP contribution in [0.2, 0.25) is 0 Å². The van der Waals surface area contributed by atoms with E-state index >= 15 is 0 Å². The van der Waals surface area contributed by atoms with Crippen LogP contribution in [0.4, 0.5) is 11.4 Å². The molecule has 1 amide bonds. The van der Waals surface area contributed by atoms with E-state index < -0.39 is 10.8 Å². The van der Waals surface area contributed by atoms with Gasteiger partial charge < -0.3 is 5.32 Å². The van der Waals surface area contributed by atoms with E-state index in [0.29, 0.717) is 11.3 Å². The van der Waals surface area contributed by atoms with Crippen LogP contribution in [0.3, 0.4) is 0 Å². The van der Waals surface area contributed by atoms with Crippen molar-refractivity contribution in [3.05, 3.63) is 76.0 Å². The van der Waals surface area contributed by atoms with Gasteiger partial charge in [-0.25, -0.2) is 0 Å². The summed E-state index contributed by atoms with van der Waals surface area (Å²) in [5, 5.41) is 17.5. The van der Waals surface area contributed by atoms with Gasteiger partial charge in [-0.05, 0) is 49.5 Å². The molecule has 3 rings (SSSR count). The topological polar surface area (TPSA) is 97.2 Å². The maximum absolute atomic E-state index is 12.3. The number of nitro groups is 1. The van der Waals surface area contributed by atoms with Gasteiger partial charge in [0.15, 0.2) is 5.11 Å². The fraction of sp³-hybridized carbons (Fsp3) is 0.0556. The lowest BCUT2D eigenvalue weighted by molar-refractivity contribution is -0.385. The minimum absolute atomic E-state index is 0.0922. The molecule has 0 radical (unpaired) electrons. The Morgan fingerprint density at radius 3 is 2.77 bits per heavy atom. The van der Waals surface area contributed by atoms with E-state index in [1.54, 1.807) is 19.2 Å². The Morgan fingerprint density at radius 2 is 2.00 bits per heavy atom. The van der Waals surface area contributed by atoms with E-state index in [4.69, 9.17) is 12.2 Å². The lowest BCUT2D eigenvalue weighted by Gasteiger charge is -2.11. The number of hydrogen-bond acceptors (Lipinski definition) is 5. The first-order valence-corrected chi connectivity index (χ1v) is 8.07. The zero-order valence-electron chi connectivity index (χ0n) is 13.7. The van der Waals surface area contributed by atoms with E-state index in [2.05, 4.69) is 15.6 Å². The van der Waals surface area contributed by atoms with Gasteiger partial charge >= 0.3 is 0 Å². The van der Waals surface area contributed by atoms with E-state index in [-0.39, 0.29) is 16.4 Å². The molecule has 0 aliphatic carbocycles. The van der Waals surface area contributed by atoms with Crippen LogP contribution in [0.15, 0.2) is 54.7 Å². The van der Waals surface area contributed by atoms with E-state index in [1.165, 1.54) is 18.2 Å². The molecule has 0 aliphatic rings. The largest absolute Gasteiger partial charge is 0.332 e. The van der Waals surface area contributed by atoms with Crippen molar-refractivity contribution in [3.8, 4) is 0 Å². The monoisotopic (exact) mass is 366 g/mol. The molecule has 1 heterocycles. The normalized spacial score (nSPS) is 10.3. The fourth-order valence-corrected chi connectivity index (χ4v) is 2.69. The van der Waals surface area contributed by atoms with Crippen molar-refractivity contribution < 1.29 is 9.72 Å². The third-order valence-corrected chi connectivity index (χ3v) is 3.99. The summed E-state index contributed by atoms with van der Waals surface area (Å²) < 4.78 is 0. The van der Waals surface area contributed by atoms with E-state index in [0.717, 1.165) is 10.9 Å². The Morgan fingerprint density at radius 1 is 1.19 bits per heavy atom. The van der Waals surface area contributed by atoms with Crippen LogP contribution in [-0.2, 0) is 0 Å². The fourth-order valence-electron chi connectivity index (χ4n) is 2.49. The van der Waals surface area contributed by atoms with Crippen LogP contribution in [-0.4, -0.2) is 20.9 Å². The van der Waals surface area contributed by atoms with Crippen molar-refractivity contribution in [3.63, 3.8) is 0 Å². The van der Waals surface area contributed by atoms with Gasteiger partial charge in [0.05, 0.1) is 10.4 Å². The summed E-state index contributed by atoms with van der Waals surface area (Å²) in [7, 11) is 0. The van der Waals surface area contributed by atoms with Crippen molar-refractivity contribution in [2.75, 3.05) is 5.32 Å². The second-order valence-electron chi connectivity index (χ2n) is 5.54. The molecule has 3 aromatic rings.